The lowest BCUT2D eigenvalue weighted by Gasteiger charge is -2.41. The first-order chi connectivity index (χ1) is 9.31. The maximum absolute atomic E-state index is 10.1. The summed E-state index contributed by atoms with van der Waals surface area (Å²) in [5.41, 5.74) is 0. The first kappa shape index (κ1) is 15.2. The maximum Gasteiger partial charge on any atom is 0.0695 e. The molecule has 4 nitrogen and oxygen atoms in total. The van der Waals surface area contributed by atoms with E-state index in [0.29, 0.717) is 6.04 Å². The van der Waals surface area contributed by atoms with Crippen LogP contribution >= 0.6 is 0 Å². The van der Waals surface area contributed by atoms with Crippen LogP contribution in [0.3, 0.4) is 0 Å². The number of rotatable bonds is 6. The molecule has 0 radical (unpaired) electrons. The average Bonchev–Trinajstić information content (AvgIpc) is 2.45. The number of nitrogens with one attached hydrogen (secondary N) is 1. The van der Waals surface area contributed by atoms with Crippen molar-refractivity contribution in [2.75, 3.05) is 39.9 Å². The van der Waals surface area contributed by atoms with Crippen molar-refractivity contribution in [3.63, 3.8) is 0 Å². The molecule has 0 aromatic rings. The first-order valence-electron chi connectivity index (χ1n) is 7.93. The van der Waals surface area contributed by atoms with E-state index < -0.39 is 0 Å². The Hall–Kier alpha value is -0.160. The first-order valence-corrected chi connectivity index (χ1v) is 7.93. The molecular formula is C15H30N2O2. The van der Waals surface area contributed by atoms with E-state index in [2.05, 4.69) is 10.2 Å². The second-order valence-corrected chi connectivity index (χ2v) is 6.10. The van der Waals surface area contributed by atoms with Crippen LogP contribution in [0.2, 0.25) is 0 Å². The number of aliphatic hydroxyl groups excluding tert-OH is 1. The van der Waals surface area contributed by atoms with Gasteiger partial charge in [0.1, 0.15) is 0 Å². The van der Waals surface area contributed by atoms with Gasteiger partial charge < -0.3 is 15.2 Å². The standard InChI is InChI=1S/C15H30N2O2/c1-19-11-8-16-12-13-6-9-17(10-7-13)14-4-2-3-5-15(14)18/h13-16,18H,2-12H2,1H3. The predicted molar refractivity (Wildman–Crippen MR) is 77.3 cm³/mol. The summed E-state index contributed by atoms with van der Waals surface area (Å²) in [6.45, 7) is 5.20. The van der Waals surface area contributed by atoms with Crippen molar-refractivity contribution in [1.82, 2.24) is 10.2 Å². The summed E-state index contributed by atoms with van der Waals surface area (Å²) in [6, 6.07) is 0.441. The lowest BCUT2D eigenvalue weighted by atomic mass is 9.88. The number of aliphatic hydroxyl groups is 1. The maximum atomic E-state index is 10.1. The van der Waals surface area contributed by atoms with Crippen molar-refractivity contribution in [3.05, 3.63) is 0 Å². The van der Waals surface area contributed by atoms with Crippen LogP contribution in [0.25, 0.3) is 0 Å². The van der Waals surface area contributed by atoms with E-state index >= 15 is 0 Å². The van der Waals surface area contributed by atoms with Crippen LogP contribution in [0.15, 0.2) is 0 Å². The number of ether oxygens (including phenoxy) is 1. The van der Waals surface area contributed by atoms with Crippen LogP contribution in [0.4, 0.5) is 0 Å². The molecule has 1 aliphatic carbocycles. The highest BCUT2D eigenvalue weighted by molar-refractivity contribution is 4.86. The van der Waals surface area contributed by atoms with Crippen LogP contribution in [0.5, 0.6) is 0 Å². The molecule has 2 unspecified atom stereocenters. The quantitative estimate of drug-likeness (QED) is 0.713. The number of hydrogen-bond acceptors (Lipinski definition) is 4. The number of nitrogens with zero attached hydrogens (tertiary/aromatic N) is 1. The van der Waals surface area contributed by atoms with Gasteiger partial charge in [0.05, 0.1) is 12.7 Å². The summed E-state index contributed by atoms with van der Waals surface area (Å²) in [5, 5.41) is 13.6. The fraction of sp³-hybridized carbons (Fsp3) is 1.00. The molecule has 0 amide bonds. The summed E-state index contributed by atoms with van der Waals surface area (Å²) in [6.07, 6.45) is 7.15. The fourth-order valence-electron chi connectivity index (χ4n) is 3.49. The molecule has 0 aromatic heterocycles. The Balaban J connectivity index is 1.64. The lowest BCUT2D eigenvalue weighted by molar-refractivity contribution is 0.00403. The van der Waals surface area contributed by atoms with Crippen molar-refractivity contribution >= 4 is 0 Å². The van der Waals surface area contributed by atoms with E-state index in [-0.39, 0.29) is 6.10 Å². The van der Waals surface area contributed by atoms with E-state index in [9.17, 15) is 5.11 Å². The highest BCUT2D eigenvalue weighted by atomic mass is 16.5. The van der Waals surface area contributed by atoms with Gasteiger partial charge in [-0.15, -0.1) is 0 Å². The largest absolute Gasteiger partial charge is 0.391 e. The zero-order valence-electron chi connectivity index (χ0n) is 12.3. The molecule has 2 fully saturated rings. The van der Waals surface area contributed by atoms with Crippen LogP contribution in [0, 0.1) is 5.92 Å². The molecule has 2 N–H and O–H groups in total. The van der Waals surface area contributed by atoms with Crippen molar-refractivity contribution in [3.8, 4) is 0 Å². The van der Waals surface area contributed by atoms with E-state index in [1.54, 1.807) is 7.11 Å². The minimum absolute atomic E-state index is 0.0786. The Kier molecular flexibility index (Phi) is 6.57. The van der Waals surface area contributed by atoms with Gasteiger partial charge in [-0.3, -0.25) is 4.90 Å². The third kappa shape index (κ3) is 4.71. The van der Waals surface area contributed by atoms with Gasteiger partial charge in [-0.05, 0) is 51.2 Å². The summed E-state index contributed by atoms with van der Waals surface area (Å²) in [4.78, 5) is 2.54. The third-order valence-corrected chi connectivity index (χ3v) is 4.73. The number of likely N-dealkylation sites (tertiary alicyclic amines) is 1. The predicted octanol–water partition coefficient (Wildman–Crippen LogP) is 1.24. The number of hydrogen-bond donors (Lipinski definition) is 2. The fourth-order valence-corrected chi connectivity index (χ4v) is 3.49. The van der Waals surface area contributed by atoms with Gasteiger partial charge in [-0.25, -0.2) is 0 Å². The highest BCUT2D eigenvalue weighted by Crippen LogP contribution is 2.27. The van der Waals surface area contributed by atoms with Crippen LogP contribution in [-0.4, -0.2) is 62.0 Å². The highest BCUT2D eigenvalue weighted by Gasteiger charge is 2.31. The summed E-state index contributed by atoms with van der Waals surface area (Å²) < 4.78 is 5.04. The molecule has 19 heavy (non-hydrogen) atoms. The number of piperidine rings is 1. The molecule has 2 rings (SSSR count). The molecule has 2 aliphatic rings. The number of methoxy groups -OCH3 is 1. The van der Waals surface area contributed by atoms with Crippen LogP contribution in [-0.2, 0) is 4.74 Å². The second kappa shape index (κ2) is 8.20. The molecule has 0 bridgehead atoms. The normalized spacial score (nSPS) is 30.6. The third-order valence-electron chi connectivity index (χ3n) is 4.73. The van der Waals surface area contributed by atoms with Gasteiger partial charge in [0, 0.05) is 19.7 Å². The Morgan fingerprint density at radius 1 is 1.16 bits per heavy atom. The molecule has 1 saturated carbocycles. The van der Waals surface area contributed by atoms with Crippen molar-refractivity contribution < 1.29 is 9.84 Å². The van der Waals surface area contributed by atoms with Gasteiger partial charge in [0.25, 0.3) is 0 Å². The lowest BCUT2D eigenvalue weighted by Crippen LogP contribution is -2.49. The average molecular weight is 270 g/mol. The summed E-state index contributed by atoms with van der Waals surface area (Å²) in [7, 11) is 1.75. The van der Waals surface area contributed by atoms with Gasteiger partial charge in [0.2, 0.25) is 0 Å². The van der Waals surface area contributed by atoms with Crippen molar-refractivity contribution in [2.24, 2.45) is 5.92 Å². The van der Waals surface area contributed by atoms with Gasteiger partial charge >= 0.3 is 0 Å². The SMILES string of the molecule is COCCNCC1CCN(C2CCCCC2O)CC1. The van der Waals surface area contributed by atoms with Crippen molar-refractivity contribution in [1.29, 1.82) is 0 Å². The summed E-state index contributed by atoms with van der Waals surface area (Å²) >= 11 is 0. The molecule has 2 atom stereocenters. The molecule has 1 heterocycles. The Morgan fingerprint density at radius 2 is 1.89 bits per heavy atom. The molecule has 1 aliphatic heterocycles. The van der Waals surface area contributed by atoms with E-state index in [0.717, 1.165) is 32.0 Å². The van der Waals surface area contributed by atoms with Crippen molar-refractivity contribution in [2.45, 2.75) is 50.7 Å². The van der Waals surface area contributed by atoms with Crippen LogP contribution in [0.1, 0.15) is 38.5 Å². The minimum atomic E-state index is -0.0786. The minimum Gasteiger partial charge on any atom is -0.391 e. The summed E-state index contributed by atoms with van der Waals surface area (Å²) in [5.74, 6) is 0.800. The van der Waals surface area contributed by atoms with Gasteiger partial charge in [-0.1, -0.05) is 12.8 Å². The molecule has 1 saturated heterocycles. The second-order valence-electron chi connectivity index (χ2n) is 6.10. The zero-order chi connectivity index (χ0) is 13.5. The smallest absolute Gasteiger partial charge is 0.0695 e. The molecule has 0 spiro atoms. The topological polar surface area (TPSA) is 44.7 Å². The molecular weight excluding hydrogens is 240 g/mol. The molecule has 112 valence electrons. The van der Waals surface area contributed by atoms with E-state index in [4.69, 9.17) is 4.74 Å². The Labute approximate surface area is 117 Å². The monoisotopic (exact) mass is 270 g/mol. The molecule has 0 aromatic carbocycles. The Bertz CT molecular complexity index is 242. The van der Waals surface area contributed by atoms with E-state index in [1.807, 2.05) is 0 Å². The molecule has 4 heteroatoms. The van der Waals surface area contributed by atoms with Gasteiger partial charge in [0.15, 0.2) is 0 Å². The Morgan fingerprint density at radius 3 is 2.58 bits per heavy atom. The van der Waals surface area contributed by atoms with Crippen LogP contribution < -0.4 is 5.32 Å². The van der Waals surface area contributed by atoms with Gasteiger partial charge in [-0.2, -0.15) is 0 Å². The zero-order valence-corrected chi connectivity index (χ0v) is 12.3. The van der Waals surface area contributed by atoms with E-state index in [1.165, 1.54) is 45.2 Å².